The van der Waals surface area contributed by atoms with E-state index in [2.05, 4.69) is 95.8 Å². The Labute approximate surface area is 186 Å². The first-order valence-corrected chi connectivity index (χ1v) is 13.5. The van der Waals surface area contributed by atoms with Crippen LogP contribution in [0.5, 0.6) is 5.75 Å². The van der Waals surface area contributed by atoms with E-state index in [1.807, 2.05) is 18.2 Å². The number of para-hydroxylation sites is 1. The van der Waals surface area contributed by atoms with E-state index in [0.717, 1.165) is 0 Å². The first-order valence-electron chi connectivity index (χ1n) is 10.2. The maximum atomic E-state index is 4.85. The van der Waals surface area contributed by atoms with Crippen LogP contribution in [-0.4, -0.2) is 0 Å². The van der Waals surface area contributed by atoms with Crippen LogP contribution < -0.4 is 10.7 Å². The zero-order valence-corrected chi connectivity index (χ0v) is 18.7. The van der Waals surface area contributed by atoms with Gasteiger partial charge in [0.25, 0.3) is 0 Å². The Hall–Kier alpha value is -2.65. The van der Waals surface area contributed by atoms with E-state index in [9.17, 15) is 0 Å². The van der Waals surface area contributed by atoms with Crippen LogP contribution in [-0.2, 0) is 32.0 Å². The fourth-order valence-electron chi connectivity index (χ4n) is 3.34. The fourth-order valence-corrected chi connectivity index (χ4v) is 7.73. The number of nitrogens with two attached hydrogens (primary N) is 1. The normalized spacial score (nSPS) is 9.90. The number of hydrogen-bond acceptors (Lipinski definition) is 2. The van der Waals surface area contributed by atoms with Gasteiger partial charge in [-0.05, 0) is 12.1 Å². The van der Waals surface area contributed by atoms with Crippen LogP contribution in [0.15, 0.2) is 121 Å². The zero-order chi connectivity index (χ0) is 20.9. The molecular weight excluding hydrogens is 402 g/mol. The second kappa shape index (κ2) is 12.8. The molecule has 4 aromatic rings. The Morgan fingerprint density at radius 1 is 0.467 bits per heavy atom. The Morgan fingerprint density at radius 3 is 1.03 bits per heavy atom. The van der Waals surface area contributed by atoms with E-state index < -0.39 is 17.9 Å². The van der Waals surface area contributed by atoms with Gasteiger partial charge in [0, 0.05) is 0 Å². The van der Waals surface area contributed by atoms with Crippen molar-refractivity contribution in [3.05, 3.63) is 138 Å². The first-order chi connectivity index (χ1) is 14.8. The second-order valence-electron chi connectivity index (χ2n) is 7.17. The summed E-state index contributed by atoms with van der Waals surface area (Å²) in [6.45, 7) is 0. The van der Waals surface area contributed by atoms with Crippen molar-refractivity contribution in [3.63, 3.8) is 0 Å². The molecule has 151 valence electrons. The molecule has 2 N–H and O–H groups in total. The molecule has 30 heavy (non-hydrogen) atoms. The summed E-state index contributed by atoms with van der Waals surface area (Å²) in [7, 11) is 0. The molecule has 3 heteroatoms. The summed E-state index contributed by atoms with van der Waals surface area (Å²) in [4.78, 5) is 4.41. The molecule has 4 aromatic carbocycles. The molecule has 0 saturated heterocycles. The third-order valence-electron chi connectivity index (χ3n) is 4.77. The monoisotopic (exact) mass is 430 g/mol. The van der Waals surface area contributed by atoms with E-state index in [0.29, 0.717) is 5.75 Å². The van der Waals surface area contributed by atoms with E-state index >= 15 is 0 Å². The Bertz CT molecular complexity index is 848. The molecule has 4 rings (SSSR count). The van der Waals surface area contributed by atoms with Gasteiger partial charge in [-0.1, -0.05) is 18.2 Å². The third kappa shape index (κ3) is 8.00. The van der Waals surface area contributed by atoms with Gasteiger partial charge in [-0.15, -0.1) is 0 Å². The summed E-state index contributed by atoms with van der Waals surface area (Å²) in [5.41, 5.74) is 4.51. The summed E-state index contributed by atoms with van der Waals surface area (Å²) in [6.07, 6.45) is 0. The third-order valence-corrected chi connectivity index (χ3v) is 9.02. The molecule has 0 bridgehead atoms. The van der Waals surface area contributed by atoms with Gasteiger partial charge >= 0.3 is 140 Å². The average molecular weight is 430 g/mol. The molecule has 0 spiro atoms. The summed E-state index contributed by atoms with van der Waals surface area (Å²) in [5.74, 6) is 5.54. The van der Waals surface area contributed by atoms with Gasteiger partial charge in [-0.25, -0.2) is 0 Å². The molecule has 0 heterocycles. The van der Waals surface area contributed by atoms with Gasteiger partial charge in [0.1, 0.15) is 5.75 Å². The zero-order valence-electron chi connectivity index (χ0n) is 17.2. The van der Waals surface area contributed by atoms with Crippen molar-refractivity contribution in [2.45, 2.75) is 14.2 Å². The van der Waals surface area contributed by atoms with Crippen LogP contribution >= 0.6 is 0 Å². The van der Waals surface area contributed by atoms with Crippen LogP contribution in [0.2, 0.25) is 0 Å². The molecule has 0 unspecified atom stereocenters. The van der Waals surface area contributed by atoms with Crippen molar-refractivity contribution in [3.8, 4) is 5.75 Å². The van der Waals surface area contributed by atoms with Crippen LogP contribution in [0.1, 0.15) is 16.7 Å². The van der Waals surface area contributed by atoms with Crippen LogP contribution in [0, 0.1) is 0 Å². The molecule has 0 aliphatic carbocycles. The van der Waals surface area contributed by atoms with Gasteiger partial charge in [0.15, 0.2) is 0 Å². The molecule has 0 aromatic heterocycles. The number of rotatable bonds is 7. The van der Waals surface area contributed by atoms with Gasteiger partial charge in [0.2, 0.25) is 0 Å². The number of benzene rings is 4. The average Bonchev–Trinajstić information content (AvgIpc) is 2.82. The minimum absolute atomic E-state index is 0.688. The molecule has 0 radical (unpaired) electrons. The topological polar surface area (TPSA) is 35.2 Å². The molecule has 0 aliphatic heterocycles. The molecule has 0 aliphatic rings. The Kier molecular flexibility index (Phi) is 9.42. The Balaban J connectivity index is 0.000000269. The first kappa shape index (κ1) is 22.0. The summed E-state index contributed by atoms with van der Waals surface area (Å²) in [5, 5.41) is 0. The van der Waals surface area contributed by atoms with Gasteiger partial charge in [-0.2, -0.15) is 5.90 Å². The van der Waals surface area contributed by atoms with E-state index in [1.54, 1.807) is 12.1 Å². The molecule has 0 atom stereocenters. The van der Waals surface area contributed by atoms with E-state index in [1.165, 1.54) is 30.9 Å². The molecule has 0 amide bonds. The fraction of sp³-hybridized carbons (Fsp3) is 0.111. The molecule has 0 saturated carbocycles. The van der Waals surface area contributed by atoms with Gasteiger partial charge in [-0.3, -0.25) is 0 Å². The van der Waals surface area contributed by atoms with E-state index in [-0.39, 0.29) is 0 Å². The molecule has 2 nitrogen and oxygen atoms in total. The van der Waals surface area contributed by atoms with Crippen molar-refractivity contribution < 1.29 is 22.7 Å². The van der Waals surface area contributed by atoms with E-state index in [4.69, 9.17) is 5.90 Å². The van der Waals surface area contributed by atoms with Crippen molar-refractivity contribution >= 4 is 0 Å². The predicted molar refractivity (Wildman–Crippen MR) is 122 cm³/mol. The molecular formula is C27H28NOTi. The molecule has 0 fully saturated rings. The summed E-state index contributed by atoms with van der Waals surface area (Å²) < 4.78 is 3.89. The quantitative estimate of drug-likeness (QED) is 0.282. The van der Waals surface area contributed by atoms with Crippen molar-refractivity contribution in [1.82, 2.24) is 0 Å². The number of hydrogen-bond donors (Lipinski definition) is 1. The predicted octanol–water partition coefficient (Wildman–Crippen LogP) is 6.14. The Morgan fingerprint density at radius 2 is 0.767 bits per heavy atom. The minimum atomic E-state index is -1.22. The summed E-state index contributed by atoms with van der Waals surface area (Å²) in [6, 6.07) is 42.2. The van der Waals surface area contributed by atoms with Crippen LogP contribution in [0.4, 0.5) is 0 Å². The van der Waals surface area contributed by atoms with Crippen molar-refractivity contribution in [1.29, 1.82) is 0 Å². The summed E-state index contributed by atoms with van der Waals surface area (Å²) >= 11 is -1.22. The van der Waals surface area contributed by atoms with Crippen LogP contribution in [0.3, 0.4) is 0 Å². The van der Waals surface area contributed by atoms with Crippen molar-refractivity contribution in [2.75, 3.05) is 0 Å². The maximum absolute atomic E-state index is 4.85. The standard InChI is InChI=1S/3C7H7.C6H7NO.Ti/c3*1-7-5-3-2-4-6-7;7-8-6-4-2-1-3-5-6;/h3*2-6H,1H2;1-5H,7H2;. The van der Waals surface area contributed by atoms with Gasteiger partial charge in [0.05, 0.1) is 0 Å². The second-order valence-corrected chi connectivity index (χ2v) is 11.2. The SMILES string of the molecule is NOc1ccccc1.c1ccc([CH2][Ti]([CH2]c2ccccc2)[CH2]c2ccccc2)cc1. The van der Waals surface area contributed by atoms with Crippen LogP contribution in [0.25, 0.3) is 0 Å². The van der Waals surface area contributed by atoms with Gasteiger partial charge < -0.3 is 4.84 Å². The van der Waals surface area contributed by atoms with Crippen molar-refractivity contribution in [2.24, 2.45) is 5.90 Å².